The molecular weight excluding hydrogens is 454 g/mol. The predicted molar refractivity (Wildman–Crippen MR) is 134 cm³/mol. The molecule has 0 saturated heterocycles. The second kappa shape index (κ2) is 10.9. The van der Waals surface area contributed by atoms with Gasteiger partial charge in [0.05, 0.1) is 12.3 Å². The Kier molecular flexibility index (Phi) is 7.54. The van der Waals surface area contributed by atoms with E-state index in [1.807, 2.05) is 31.2 Å². The van der Waals surface area contributed by atoms with Crippen LogP contribution in [0.25, 0.3) is 0 Å². The first-order chi connectivity index (χ1) is 16.5. The lowest BCUT2D eigenvalue weighted by Gasteiger charge is -2.30. The Hall–Kier alpha value is -3.71. The average Bonchev–Trinajstić information content (AvgIpc) is 2.80. The lowest BCUT2D eigenvalue weighted by Crippen LogP contribution is -2.39. The minimum absolute atomic E-state index is 0.00514. The quantitative estimate of drug-likeness (QED) is 0.395. The first kappa shape index (κ1) is 23.4. The Morgan fingerprint density at radius 1 is 1.03 bits per heavy atom. The second-order valence-corrected chi connectivity index (χ2v) is 8.41. The molecule has 0 bridgehead atoms. The van der Waals surface area contributed by atoms with E-state index in [0.717, 1.165) is 24.2 Å². The second-order valence-electron chi connectivity index (χ2n) is 7.98. The Balaban J connectivity index is 1.34. The number of fused-ring (bicyclic) bond motifs is 1. The van der Waals surface area contributed by atoms with Crippen LogP contribution in [-0.2, 0) is 4.79 Å². The molecule has 0 atom stereocenters. The molecular formula is C26H26ClN3O4. The van der Waals surface area contributed by atoms with Crippen molar-refractivity contribution in [3.05, 3.63) is 77.3 Å². The van der Waals surface area contributed by atoms with Gasteiger partial charge < -0.3 is 25.0 Å². The number of nitrogens with zero attached hydrogens (tertiary/aromatic N) is 1. The molecule has 1 aliphatic heterocycles. The highest BCUT2D eigenvalue weighted by Gasteiger charge is 2.25. The zero-order valence-electron chi connectivity index (χ0n) is 18.8. The largest absolute Gasteiger partial charge is 0.494 e. The van der Waals surface area contributed by atoms with E-state index in [9.17, 15) is 9.59 Å². The number of anilines is 3. The van der Waals surface area contributed by atoms with Gasteiger partial charge in [0, 0.05) is 22.9 Å². The summed E-state index contributed by atoms with van der Waals surface area (Å²) < 4.78 is 11.4. The summed E-state index contributed by atoms with van der Waals surface area (Å²) in [7, 11) is 0. The molecule has 0 unspecified atom stereocenters. The summed E-state index contributed by atoms with van der Waals surface area (Å²) in [6.45, 7) is 3.12. The number of aryl methyl sites for hydroxylation is 1. The number of halogens is 1. The van der Waals surface area contributed by atoms with Crippen molar-refractivity contribution in [1.29, 1.82) is 0 Å². The first-order valence-electron chi connectivity index (χ1n) is 11.1. The number of carbonyl (C=O) groups is 2. The molecule has 1 aliphatic rings. The monoisotopic (exact) mass is 479 g/mol. The fraction of sp³-hybridized carbons (Fsp3) is 0.231. The van der Waals surface area contributed by atoms with E-state index < -0.39 is 6.03 Å². The summed E-state index contributed by atoms with van der Waals surface area (Å²) in [6.07, 6.45) is 1.57. The molecule has 176 valence electrons. The molecule has 8 heteroatoms. The summed E-state index contributed by atoms with van der Waals surface area (Å²) >= 11 is 5.97. The summed E-state index contributed by atoms with van der Waals surface area (Å²) in [5.41, 5.74) is 2.91. The van der Waals surface area contributed by atoms with Crippen molar-refractivity contribution in [2.45, 2.75) is 19.8 Å². The first-order valence-corrected chi connectivity index (χ1v) is 11.5. The summed E-state index contributed by atoms with van der Waals surface area (Å²) in [5.74, 6) is 1.34. The highest BCUT2D eigenvalue weighted by Crippen LogP contribution is 2.35. The van der Waals surface area contributed by atoms with E-state index in [2.05, 4.69) is 10.6 Å². The van der Waals surface area contributed by atoms with Crippen LogP contribution in [0.4, 0.5) is 21.9 Å². The number of hydrogen-bond donors (Lipinski definition) is 2. The molecule has 3 amide bonds. The van der Waals surface area contributed by atoms with E-state index in [1.54, 1.807) is 47.4 Å². The Morgan fingerprint density at radius 3 is 2.62 bits per heavy atom. The van der Waals surface area contributed by atoms with Gasteiger partial charge in [-0.15, -0.1) is 0 Å². The molecule has 3 aromatic carbocycles. The number of amides is 3. The lowest BCUT2D eigenvalue weighted by molar-refractivity contribution is -0.121. The van der Waals surface area contributed by atoms with E-state index in [-0.39, 0.29) is 12.5 Å². The van der Waals surface area contributed by atoms with Crippen LogP contribution in [0.1, 0.15) is 18.4 Å². The molecule has 0 radical (unpaired) electrons. The predicted octanol–water partition coefficient (Wildman–Crippen LogP) is 5.88. The molecule has 3 aromatic rings. The van der Waals surface area contributed by atoms with Gasteiger partial charge >= 0.3 is 6.03 Å². The smallest absolute Gasteiger partial charge is 0.323 e. The Labute approximate surface area is 203 Å². The van der Waals surface area contributed by atoms with Crippen LogP contribution >= 0.6 is 11.6 Å². The summed E-state index contributed by atoms with van der Waals surface area (Å²) in [6, 6.07) is 19.6. The van der Waals surface area contributed by atoms with E-state index in [1.165, 1.54) is 0 Å². The zero-order valence-corrected chi connectivity index (χ0v) is 19.6. The molecule has 0 fully saturated rings. The third kappa shape index (κ3) is 6.20. The van der Waals surface area contributed by atoms with Gasteiger partial charge in [0.1, 0.15) is 11.5 Å². The minimum Gasteiger partial charge on any atom is -0.494 e. The highest BCUT2D eigenvalue weighted by atomic mass is 35.5. The van der Waals surface area contributed by atoms with E-state index in [0.29, 0.717) is 41.0 Å². The van der Waals surface area contributed by atoms with Gasteiger partial charge in [0.2, 0.25) is 0 Å². The normalized spacial score (nSPS) is 12.5. The van der Waals surface area contributed by atoms with Crippen LogP contribution in [-0.4, -0.2) is 31.7 Å². The van der Waals surface area contributed by atoms with Crippen LogP contribution in [0.5, 0.6) is 11.5 Å². The number of rotatable bonds is 8. The minimum atomic E-state index is -0.412. The fourth-order valence-corrected chi connectivity index (χ4v) is 3.84. The van der Waals surface area contributed by atoms with Crippen molar-refractivity contribution in [3.63, 3.8) is 0 Å². The maximum absolute atomic E-state index is 12.5. The third-order valence-corrected chi connectivity index (χ3v) is 5.51. The van der Waals surface area contributed by atoms with Crippen molar-refractivity contribution < 1.29 is 19.1 Å². The number of ether oxygens (including phenoxy) is 2. The van der Waals surface area contributed by atoms with Crippen molar-refractivity contribution in [3.8, 4) is 11.5 Å². The third-order valence-electron chi connectivity index (χ3n) is 5.28. The van der Waals surface area contributed by atoms with Gasteiger partial charge in [0.15, 0.2) is 6.61 Å². The molecule has 0 aliphatic carbocycles. The molecule has 2 N–H and O–H groups in total. The number of hydrogen-bond acceptors (Lipinski definition) is 4. The van der Waals surface area contributed by atoms with Crippen LogP contribution in [0, 0.1) is 6.92 Å². The summed E-state index contributed by atoms with van der Waals surface area (Å²) in [4.78, 5) is 26.6. The maximum atomic E-state index is 12.5. The molecule has 0 spiro atoms. The number of urea groups is 1. The fourth-order valence-electron chi connectivity index (χ4n) is 3.65. The van der Waals surface area contributed by atoms with Crippen LogP contribution < -0.4 is 25.0 Å². The molecule has 0 aromatic heterocycles. The van der Waals surface area contributed by atoms with Crippen LogP contribution in [0.2, 0.25) is 5.02 Å². The molecule has 0 saturated carbocycles. The maximum Gasteiger partial charge on any atom is 0.323 e. The highest BCUT2D eigenvalue weighted by molar-refractivity contribution is 6.30. The van der Waals surface area contributed by atoms with Gasteiger partial charge in [-0.25, -0.2) is 4.79 Å². The molecule has 34 heavy (non-hydrogen) atoms. The van der Waals surface area contributed by atoms with Gasteiger partial charge in [-0.2, -0.15) is 0 Å². The van der Waals surface area contributed by atoms with Crippen LogP contribution in [0.3, 0.4) is 0 Å². The van der Waals surface area contributed by atoms with Crippen molar-refractivity contribution in [1.82, 2.24) is 0 Å². The number of nitrogens with one attached hydrogen (secondary N) is 2. The van der Waals surface area contributed by atoms with Crippen molar-refractivity contribution in [2.75, 3.05) is 35.3 Å². The standard InChI is InChI=1S/C26H26ClN3O4/c1-18-6-4-9-22(14-18)33-13-3-2-12-30-23-16-21(10-11-24(23)34-17-25(30)31)29-26(32)28-20-8-5-7-19(27)15-20/h4-11,14-16H,2-3,12-13,17H2,1H3,(H2,28,29,32). The molecule has 4 rings (SSSR count). The van der Waals surface area contributed by atoms with Crippen LogP contribution in [0.15, 0.2) is 66.7 Å². The molecule has 7 nitrogen and oxygen atoms in total. The van der Waals surface area contributed by atoms with E-state index >= 15 is 0 Å². The molecule has 1 heterocycles. The van der Waals surface area contributed by atoms with Gasteiger partial charge in [0.25, 0.3) is 5.91 Å². The Morgan fingerprint density at radius 2 is 1.82 bits per heavy atom. The van der Waals surface area contributed by atoms with Gasteiger partial charge in [-0.1, -0.05) is 29.8 Å². The number of benzene rings is 3. The van der Waals surface area contributed by atoms with Gasteiger partial charge in [-0.3, -0.25) is 4.79 Å². The van der Waals surface area contributed by atoms with Crippen molar-refractivity contribution in [2.24, 2.45) is 0 Å². The summed E-state index contributed by atoms with van der Waals surface area (Å²) in [5, 5.41) is 6.05. The van der Waals surface area contributed by atoms with E-state index in [4.69, 9.17) is 21.1 Å². The zero-order chi connectivity index (χ0) is 23.9. The lowest BCUT2D eigenvalue weighted by atomic mass is 10.2. The average molecular weight is 480 g/mol. The number of carbonyl (C=O) groups excluding carboxylic acids is 2. The topological polar surface area (TPSA) is 79.9 Å². The van der Waals surface area contributed by atoms with Crippen molar-refractivity contribution >= 4 is 40.6 Å². The number of unbranched alkanes of at least 4 members (excludes halogenated alkanes) is 1. The van der Waals surface area contributed by atoms with Gasteiger partial charge in [-0.05, 0) is 73.9 Å². The SMILES string of the molecule is Cc1cccc(OCCCCN2C(=O)COc3ccc(NC(=O)Nc4cccc(Cl)c4)cc32)c1. The Bertz CT molecular complexity index is 1180.